The van der Waals surface area contributed by atoms with Crippen LogP contribution in [0.2, 0.25) is 0 Å². The number of rotatable bonds is 11. The van der Waals surface area contributed by atoms with E-state index < -0.39 is 24.0 Å². The Bertz CT molecular complexity index is 1720. The lowest BCUT2D eigenvalue weighted by Crippen LogP contribution is -2.18. The quantitative estimate of drug-likeness (QED) is 0.174. The van der Waals surface area contributed by atoms with Gasteiger partial charge in [0.2, 0.25) is 5.75 Å². The number of carbonyl (C=O) groups excluding carboxylic acids is 2. The number of methoxy groups -OCH3 is 3. The molecule has 11 nitrogen and oxygen atoms in total. The van der Waals surface area contributed by atoms with E-state index in [1.54, 1.807) is 30.4 Å². The van der Waals surface area contributed by atoms with E-state index in [2.05, 4.69) is 0 Å². The van der Waals surface area contributed by atoms with Crippen molar-refractivity contribution in [3.05, 3.63) is 107 Å². The zero-order valence-corrected chi connectivity index (χ0v) is 25.3. The third kappa shape index (κ3) is 6.78. The Labute approximate surface area is 264 Å². The van der Waals surface area contributed by atoms with Gasteiger partial charge in [0.15, 0.2) is 23.0 Å². The number of benzene rings is 4. The fourth-order valence-electron chi connectivity index (χ4n) is 5.06. The van der Waals surface area contributed by atoms with E-state index in [-0.39, 0.29) is 47.5 Å². The van der Waals surface area contributed by atoms with E-state index in [4.69, 9.17) is 28.4 Å². The zero-order chi connectivity index (χ0) is 32.8. The number of phenolic OH excluding ortho intramolecular Hbond substituents is 3. The van der Waals surface area contributed by atoms with Crippen molar-refractivity contribution in [1.29, 1.82) is 0 Å². The first-order chi connectivity index (χ1) is 22.2. The molecule has 4 aromatic carbocycles. The maximum Gasteiger partial charge on any atom is 0.338 e. The minimum absolute atomic E-state index is 0.0149. The summed E-state index contributed by atoms with van der Waals surface area (Å²) in [6, 6.07) is 18.3. The van der Waals surface area contributed by atoms with Crippen LogP contribution in [0.3, 0.4) is 0 Å². The third-order valence-corrected chi connectivity index (χ3v) is 7.39. The molecule has 0 spiro atoms. The van der Waals surface area contributed by atoms with Gasteiger partial charge in [-0.3, -0.25) is 0 Å². The maximum absolute atomic E-state index is 12.9. The van der Waals surface area contributed by atoms with Gasteiger partial charge in [-0.25, -0.2) is 9.59 Å². The number of carbonyl (C=O) groups is 2. The molecular weight excluding hydrogens is 596 g/mol. The molecule has 11 heteroatoms. The number of phenols is 3. The van der Waals surface area contributed by atoms with Crippen LogP contribution < -0.4 is 18.9 Å². The summed E-state index contributed by atoms with van der Waals surface area (Å²) in [5, 5.41) is 29.5. The molecule has 0 bridgehead atoms. The van der Waals surface area contributed by atoms with Gasteiger partial charge in [-0.05, 0) is 84.4 Å². The summed E-state index contributed by atoms with van der Waals surface area (Å²) in [6.45, 7) is -0.109. The summed E-state index contributed by atoms with van der Waals surface area (Å²) >= 11 is 0. The average molecular weight is 629 g/mol. The molecule has 0 saturated carbocycles. The lowest BCUT2D eigenvalue weighted by Gasteiger charge is -2.21. The van der Waals surface area contributed by atoms with Crippen molar-refractivity contribution in [2.75, 3.05) is 34.5 Å². The summed E-state index contributed by atoms with van der Waals surface area (Å²) in [7, 11) is 4.35. The summed E-state index contributed by atoms with van der Waals surface area (Å²) in [6.07, 6.45) is 2.72. The first-order valence-corrected chi connectivity index (χ1v) is 14.1. The molecule has 1 aliphatic rings. The first-order valence-electron chi connectivity index (χ1n) is 14.1. The van der Waals surface area contributed by atoms with Crippen LogP contribution in [-0.2, 0) is 9.47 Å². The van der Waals surface area contributed by atoms with Crippen molar-refractivity contribution in [2.24, 2.45) is 0 Å². The lowest BCUT2D eigenvalue weighted by molar-refractivity contribution is 0.0428. The summed E-state index contributed by atoms with van der Waals surface area (Å²) in [5.41, 5.74) is 2.55. The van der Waals surface area contributed by atoms with Gasteiger partial charge in [-0.1, -0.05) is 6.08 Å². The highest BCUT2D eigenvalue weighted by Gasteiger charge is 2.40. The van der Waals surface area contributed by atoms with E-state index in [9.17, 15) is 24.9 Å². The van der Waals surface area contributed by atoms with Gasteiger partial charge >= 0.3 is 11.9 Å². The summed E-state index contributed by atoms with van der Waals surface area (Å²) in [5.74, 6) is -0.557. The molecule has 4 aromatic rings. The summed E-state index contributed by atoms with van der Waals surface area (Å²) < 4.78 is 33.9. The van der Waals surface area contributed by atoms with Crippen LogP contribution in [0.15, 0.2) is 78.9 Å². The Balaban J connectivity index is 1.44. The lowest BCUT2D eigenvalue weighted by atomic mass is 9.90. The van der Waals surface area contributed by atoms with E-state index >= 15 is 0 Å². The van der Waals surface area contributed by atoms with Crippen LogP contribution in [0, 0.1) is 0 Å². The second-order valence-electron chi connectivity index (χ2n) is 10.3. The van der Waals surface area contributed by atoms with Gasteiger partial charge in [-0.15, -0.1) is 0 Å². The van der Waals surface area contributed by atoms with Crippen molar-refractivity contribution in [2.45, 2.75) is 12.0 Å². The maximum atomic E-state index is 12.9. The molecular formula is C35H32O11. The molecule has 238 valence electrons. The van der Waals surface area contributed by atoms with Crippen molar-refractivity contribution < 1.29 is 53.3 Å². The van der Waals surface area contributed by atoms with Crippen LogP contribution in [0.1, 0.15) is 49.4 Å². The molecule has 0 aliphatic carbocycles. The zero-order valence-electron chi connectivity index (χ0n) is 25.3. The van der Waals surface area contributed by atoms with Crippen LogP contribution in [0.5, 0.6) is 40.2 Å². The molecule has 1 heterocycles. The Hall–Kier alpha value is -5.84. The number of esters is 2. The van der Waals surface area contributed by atoms with Gasteiger partial charge < -0.3 is 43.7 Å². The Kier molecular flexibility index (Phi) is 9.51. The molecule has 5 rings (SSSR count). The minimum Gasteiger partial charge on any atom is -0.508 e. The van der Waals surface area contributed by atoms with Crippen molar-refractivity contribution in [1.82, 2.24) is 0 Å². The SMILES string of the molecule is COc1cc([C@H]2Oc3c(OC)cc(/C=C/COC(=O)c4ccc(O)cc4)cc3[C@@H]2COC(=O)c2ccc(O)cc2)cc(OC)c1O. The minimum atomic E-state index is -0.703. The van der Waals surface area contributed by atoms with E-state index in [1.165, 1.54) is 69.9 Å². The monoisotopic (exact) mass is 628 g/mol. The predicted octanol–water partition coefficient (Wildman–Crippen LogP) is 5.77. The average Bonchev–Trinajstić information content (AvgIpc) is 3.44. The molecule has 0 amide bonds. The first kappa shape index (κ1) is 31.6. The molecule has 0 saturated heterocycles. The van der Waals surface area contributed by atoms with Crippen molar-refractivity contribution in [3.8, 4) is 40.2 Å². The Morgan fingerprint density at radius 3 is 1.83 bits per heavy atom. The fourth-order valence-corrected chi connectivity index (χ4v) is 5.06. The summed E-state index contributed by atoms with van der Waals surface area (Å²) in [4.78, 5) is 25.3. The van der Waals surface area contributed by atoms with Crippen molar-refractivity contribution >= 4 is 18.0 Å². The molecule has 0 radical (unpaired) electrons. The number of hydrogen-bond donors (Lipinski definition) is 3. The molecule has 0 unspecified atom stereocenters. The fraction of sp³-hybridized carbons (Fsp3) is 0.200. The van der Waals surface area contributed by atoms with Crippen LogP contribution in [0.4, 0.5) is 0 Å². The van der Waals surface area contributed by atoms with E-state index in [1.807, 2.05) is 6.07 Å². The third-order valence-electron chi connectivity index (χ3n) is 7.39. The molecule has 0 fully saturated rings. The number of aromatic hydroxyl groups is 3. The van der Waals surface area contributed by atoms with Gasteiger partial charge in [0, 0.05) is 11.1 Å². The number of fused-ring (bicyclic) bond motifs is 1. The van der Waals surface area contributed by atoms with E-state index in [0.29, 0.717) is 33.8 Å². The second-order valence-corrected chi connectivity index (χ2v) is 10.3. The van der Waals surface area contributed by atoms with E-state index in [0.717, 1.165) is 0 Å². The van der Waals surface area contributed by atoms with Gasteiger partial charge in [0.25, 0.3) is 0 Å². The molecule has 1 aliphatic heterocycles. The van der Waals surface area contributed by atoms with Gasteiger partial charge in [-0.2, -0.15) is 0 Å². The molecule has 46 heavy (non-hydrogen) atoms. The molecule has 3 N–H and O–H groups in total. The second kappa shape index (κ2) is 13.9. The molecule has 0 aromatic heterocycles. The van der Waals surface area contributed by atoms with Crippen LogP contribution in [0.25, 0.3) is 6.08 Å². The largest absolute Gasteiger partial charge is 0.508 e. The number of hydrogen-bond acceptors (Lipinski definition) is 11. The Morgan fingerprint density at radius 1 is 0.739 bits per heavy atom. The highest BCUT2D eigenvalue weighted by molar-refractivity contribution is 5.90. The topological polar surface area (TPSA) is 150 Å². The van der Waals surface area contributed by atoms with Gasteiger partial charge in [0.1, 0.15) is 30.8 Å². The standard InChI is InChI=1S/C35H32O11/c1-41-28-17-23(18-29(42-2)31(28)38)32-27(19-45-35(40)22-8-12-25(37)13-9-22)26-15-20(16-30(43-3)33(26)46-32)5-4-14-44-34(39)21-6-10-24(36)11-7-21/h4-13,15-18,27,32,36-38H,14,19H2,1-3H3/b5-4+/t27-,32+/m0/s1. The van der Waals surface area contributed by atoms with Gasteiger partial charge in [0.05, 0.1) is 38.4 Å². The predicted molar refractivity (Wildman–Crippen MR) is 166 cm³/mol. The molecule has 2 atom stereocenters. The number of ether oxygens (including phenoxy) is 6. The highest BCUT2D eigenvalue weighted by atomic mass is 16.5. The normalized spacial score (nSPS) is 15.1. The van der Waals surface area contributed by atoms with Crippen LogP contribution >= 0.6 is 0 Å². The Morgan fingerprint density at radius 2 is 1.28 bits per heavy atom. The van der Waals surface area contributed by atoms with Crippen molar-refractivity contribution in [3.63, 3.8) is 0 Å². The highest BCUT2D eigenvalue weighted by Crippen LogP contribution is 2.53. The smallest absolute Gasteiger partial charge is 0.338 e. The van der Waals surface area contributed by atoms with Crippen LogP contribution in [-0.4, -0.2) is 61.8 Å².